The van der Waals surface area contributed by atoms with Gasteiger partial charge in [0.1, 0.15) is 0 Å². The van der Waals surface area contributed by atoms with Crippen molar-refractivity contribution in [3.8, 4) is 0 Å². The van der Waals surface area contributed by atoms with Gasteiger partial charge in [0.2, 0.25) is 0 Å². The minimum atomic E-state index is -0.0400. The quantitative estimate of drug-likeness (QED) is 0.829. The molecular formula is C13H24N6O. The molecule has 20 heavy (non-hydrogen) atoms. The van der Waals surface area contributed by atoms with Crippen molar-refractivity contribution in [3.63, 3.8) is 0 Å². The van der Waals surface area contributed by atoms with Gasteiger partial charge in [-0.3, -0.25) is 14.4 Å². The first-order valence-electron chi connectivity index (χ1n) is 7.06. The largest absolute Gasteiger partial charge is 0.335 e. The fourth-order valence-corrected chi connectivity index (χ4v) is 2.38. The molecule has 2 heterocycles. The third kappa shape index (κ3) is 3.34. The lowest BCUT2D eigenvalue weighted by Crippen LogP contribution is -2.54. The van der Waals surface area contributed by atoms with Crippen molar-refractivity contribution in [2.24, 2.45) is 5.73 Å². The van der Waals surface area contributed by atoms with Crippen LogP contribution < -0.4 is 5.73 Å². The van der Waals surface area contributed by atoms with Gasteiger partial charge >= 0.3 is 0 Å². The van der Waals surface area contributed by atoms with Crippen LogP contribution in [0.4, 0.5) is 0 Å². The Kier molecular flexibility index (Phi) is 4.39. The molecule has 1 saturated heterocycles. The number of amides is 1. The van der Waals surface area contributed by atoms with E-state index in [1.54, 1.807) is 10.9 Å². The zero-order chi connectivity index (χ0) is 14.8. The zero-order valence-electron chi connectivity index (χ0n) is 12.5. The molecule has 0 radical (unpaired) electrons. The van der Waals surface area contributed by atoms with E-state index < -0.39 is 0 Å². The summed E-state index contributed by atoms with van der Waals surface area (Å²) in [6.45, 7) is 10.9. The topological polar surface area (TPSA) is 80.3 Å². The van der Waals surface area contributed by atoms with Crippen molar-refractivity contribution in [1.29, 1.82) is 0 Å². The summed E-state index contributed by atoms with van der Waals surface area (Å²) in [5, 5.41) is 7.84. The van der Waals surface area contributed by atoms with E-state index in [0.717, 1.165) is 26.2 Å². The van der Waals surface area contributed by atoms with Gasteiger partial charge in [0.15, 0.2) is 5.69 Å². The maximum Gasteiger partial charge on any atom is 0.276 e. The Balaban J connectivity index is 1.94. The SMILES string of the molecule is CC(C)(C)N1CCN(C(=O)c2cn(CCN)nn2)CC1. The first-order valence-corrected chi connectivity index (χ1v) is 7.06. The van der Waals surface area contributed by atoms with Crippen molar-refractivity contribution in [3.05, 3.63) is 11.9 Å². The molecule has 7 heteroatoms. The lowest BCUT2D eigenvalue weighted by molar-refractivity contribution is 0.0446. The molecule has 1 amide bonds. The van der Waals surface area contributed by atoms with Crippen LogP contribution in [0.3, 0.4) is 0 Å². The number of hydrogen-bond donors (Lipinski definition) is 1. The molecule has 7 nitrogen and oxygen atoms in total. The van der Waals surface area contributed by atoms with E-state index in [-0.39, 0.29) is 11.4 Å². The molecule has 0 saturated carbocycles. The van der Waals surface area contributed by atoms with Gasteiger partial charge in [-0.25, -0.2) is 0 Å². The molecule has 1 aliphatic heterocycles. The number of nitrogens with zero attached hydrogens (tertiary/aromatic N) is 5. The van der Waals surface area contributed by atoms with Gasteiger partial charge < -0.3 is 10.6 Å². The zero-order valence-corrected chi connectivity index (χ0v) is 12.5. The lowest BCUT2D eigenvalue weighted by Gasteiger charge is -2.42. The van der Waals surface area contributed by atoms with Crippen molar-refractivity contribution < 1.29 is 4.79 Å². The summed E-state index contributed by atoms with van der Waals surface area (Å²) < 4.78 is 1.61. The molecule has 0 aromatic carbocycles. The number of carbonyl (C=O) groups excluding carboxylic acids is 1. The minimum Gasteiger partial charge on any atom is -0.335 e. The maximum absolute atomic E-state index is 12.3. The van der Waals surface area contributed by atoms with Gasteiger partial charge in [-0.05, 0) is 20.8 Å². The van der Waals surface area contributed by atoms with Crippen molar-refractivity contribution in [2.45, 2.75) is 32.9 Å². The van der Waals surface area contributed by atoms with Gasteiger partial charge in [-0.15, -0.1) is 5.10 Å². The first kappa shape index (κ1) is 14.9. The number of aromatic nitrogens is 3. The predicted molar refractivity (Wildman–Crippen MR) is 76.3 cm³/mol. The predicted octanol–water partition coefficient (Wildman–Crippen LogP) is -0.207. The molecule has 1 aromatic rings. The van der Waals surface area contributed by atoms with Crippen molar-refractivity contribution >= 4 is 5.91 Å². The average molecular weight is 280 g/mol. The van der Waals surface area contributed by atoms with E-state index in [2.05, 4.69) is 36.0 Å². The number of carbonyl (C=O) groups is 1. The molecule has 0 bridgehead atoms. The number of hydrogen-bond acceptors (Lipinski definition) is 5. The van der Waals surface area contributed by atoms with E-state index in [9.17, 15) is 4.79 Å². The first-order chi connectivity index (χ1) is 9.41. The monoisotopic (exact) mass is 280 g/mol. The summed E-state index contributed by atoms with van der Waals surface area (Å²) >= 11 is 0. The van der Waals surface area contributed by atoms with E-state index >= 15 is 0 Å². The van der Waals surface area contributed by atoms with Gasteiger partial charge in [-0.1, -0.05) is 5.21 Å². The third-order valence-corrected chi connectivity index (χ3v) is 3.63. The molecule has 112 valence electrons. The Bertz CT molecular complexity index is 456. The molecule has 1 aliphatic rings. The van der Waals surface area contributed by atoms with Gasteiger partial charge in [0.05, 0.1) is 12.7 Å². The Labute approximate surface area is 119 Å². The highest BCUT2D eigenvalue weighted by atomic mass is 16.2. The van der Waals surface area contributed by atoms with Gasteiger partial charge in [0.25, 0.3) is 5.91 Å². The Morgan fingerprint density at radius 1 is 1.30 bits per heavy atom. The second-order valence-electron chi connectivity index (χ2n) is 6.11. The molecule has 0 atom stereocenters. The van der Waals surface area contributed by atoms with Crippen LogP contribution in [0.5, 0.6) is 0 Å². The molecule has 1 fully saturated rings. The van der Waals surface area contributed by atoms with Crippen LogP contribution in [0, 0.1) is 0 Å². The molecule has 0 unspecified atom stereocenters. The Morgan fingerprint density at radius 3 is 2.50 bits per heavy atom. The second-order valence-corrected chi connectivity index (χ2v) is 6.11. The fourth-order valence-electron chi connectivity index (χ4n) is 2.38. The summed E-state index contributed by atoms with van der Waals surface area (Å²) in [5.74, 6) is -0.0400. The smallest absolute Gasteiger partial charge is 0.276 e. The van der Waals surface area contributed by atoms with E-state index in [1.165, 1.54) is 0 Å². The molecule has 2 N–H and O–H groups in total. The van der Waals surface area contributed by atoms with E-state index in [0.29, 0.717) is 18.8 Å². The molecule has 1 aromatic heterocycles. The molecule has 0 spiro atoms. The van der Waals surface area contributed by atoms with Crippen molar-refractivity contribution in [2.75, 3.05) is 32.7 Å². The summed E-state index contributed by atoms with van der Waals surface area (Å²) in [6.07, 6.45) is 1.67. The number of rotatable bonds is 3. The number of nitrogens with two attached hydrogens (primary N) is 1. The summed E-state index contributed by atoms with van der Waals surface area (Å²) in [7, 11) is 0. The fraction of sp³-hybridized carbons (Fsp3) is 0.769. The summed E-state index contributed by atoms with van der Waals surface area (Å²) in [5.41, 5.74) is 6.01. The highest BCUT2D eigenvalue weighted by molar-refractivity contribution is 5.92. The highest BCUT2D eigenvalue weighted by Crippen LogP contribution is 2.16. The minimum absolute atomic E-state index is 0.0400. The third-order valence-electron chi connectivity index (χ3n) is 3.63. The maximum atomic E-state index is 12.3. The summed E-state index contributed by atoms with van der Waals surface area (Å²) in [4.78, 5) is 16.6. The van der Waals surface area contributed by atoms with E-state index in [1.807, 2.05) is 4.90 Å². The van der Waals surface area contributed by atoms with E-state index in [4.69, 9.17) is 5.73 Å². The average Bonchev–Trinajstić information content (AvgIpc) is 2.86. The lowest BCUT2D eigenvalue weighted by atomic mass is 10.0. The van der Waals surface area contributed by atoms with Crippen LogP contribution in [0.15, 0.2) is 6.20 Å². The normalized spacial score (nSPS) is 17.5. The molecule has 0 aliphatic carbocycles. The molecular weight excluding hydrogens is 256 g/mol. The Morgan fingerprint density at radius 2 is 1.95 bits per heavy atom. The van der Waals surface area contributed by atoms with Gasteiger partial charge in [0, 0.05) is 38.3 Å². The standard InChI is InChI=1S/C13H24N6O/c1-13(2,3)18-8-6-17(7-9-18)12(20)11-10-19(5-4-14)16-15-11/h10H,4-9,14H2,1-3H3. The van der Waals surface area contributed by atoms with Crippen LogP contribution in [0.1, 0.15) is 31.3 Å². The van der Waals surface area contributed by atoms with Crippen LogP contribution >= 0.6 is 0 Å². The van der Waals surface area contributed by atoms with Crippen LogP contribution in [-0.4, -0.2) is 69.0 Å². The molecule has 2 rings (SSSR count). The summed E-state index contributed by atoms with van der Waals surface area (Å²) in [6, 6.07) is 0. The van der Waals surface area contributed by atoms with Gasteiger partial charge in [-0.2, -0.15) is 0 Å². The van der Waals surface area contributed by atoms with Crippen LogP contribution in [0.25, 0.3) is 0 Å². The van der Waals surface area contributed by atoms with Crippen LogP contribution in [-0.2, 0) is 6.54 Å². The van der Waals surface area contributed by atoms with Crippen molar-refractivity contribution in [1.82, 2.24) is 24.8 Å². The highest BCUT2D eigenvalue weighted by Gasteiger charge is 2.29. The Hall–Kier alpha value is -1.47. The van der Waals surface area contributed by atoms with Crippen LogP contribution in [0.2, 0.25) is 0 Å². The number of piperazine rings is 1. The second kappa shape index (κ2) is 5.88.